The van der Waals surface area contributed by atoms with Crippen molar-refractivity contribution in [3.8, 4) is 5.75 Å². The van der Waals surface area contributed by atoms with Gasteiger partial charge in [0.1, 0.15) is 16.5 Å². The zero-order valence-corrected chi connectivity index (χ0v) is 15.4. The molecule has 3 aromatic rings. The van der Waals surface area contributed by atoms with E-state index in [2.05, 4.69) is 15.5 Å². The summed E-state index contributed by atoms with van der Waals surface area (Å²) in [5.74, 6) is -0.0916. The van der Waals surface area contributed by atoms with E-state index < -0.39 is 9.84 Å². The van der Waals surface area contributed by atoms with Crippen molar-refractivity contribution in [2.24, 2.45) is 0 Å². The predicted octanol–water partition coefficient (Wildman–Crippen LogP) is 2.77. The molecule has 0 saturated heterocycles. The summed E-state index contributed by atoms with van der Waals surface area (Å²) in [6, 6.07) is 14.8. The summed E-state index contributed by atoms with van der Waals surface area (Å²) in [6.45, 7) is 0. The Morgan fingerprint density at radius 2 is 1.88 bits per heavy atom. The van der Waals surface area contributed by atoms with E-state index in [0.29, 0.717) is 16.3 Å². The highest BCUT2D eigenvalue weighted by molar-refractivity contribution is 7.90. The van der Waals surface area contributed by atoms with E-state index in [1.165, 1.54) is 19.2 Å². The lowest BCUT2D eigenvalue weighted by Gasteiger charge is -2.03. The molecule has 1 N–H and O–H groups in total. The van der Waals surface area contributed by atoms with Gasteiger partial charge in [-0.1, -0.05) is 35.6 Å². The molecular formula is C17H15N3O4S2. The first-order valence-corrected chi connectivity index (χ1v) is 10.0. The third-order valence-electron chi connectivity index (χ3n) is 3.44. The van der Waals surface area contributed by atoms with Gasteiger partial charge in [0, 0.05) is 5.56 Å². The molecule has 1 amide bonds. The van der Waals surface area contributed by atoms with Gasteiger partial charge in [-0.15, -0.1) is 10.2 Å². The first-order chi connectivity index (χ1) is 12.5. The maximum absolute atomic E-state index is 12.4. The Morgan fingerprint density at radius 3 is 2.62 bits per heavy atom. The summed E-state index contributed by atoms with van der Waals surface area (Å²) in [5.41, 5.74) is 0.401. The predicted molar refractivity (Wildman–Crippen MR) is 98.2 cm³/mol. The van der Waals surface area contributed by atoms with Crippen molar-refractivity contribution in [2.45, 2.75) is 10.6 Å². The lowest BCUT2D eigenvalue weighted by Crippen LogP contribution is -2.11. The first-order valence-electron chi connectivity index (χ1n) is 7.53. The highest BCUT2D eigenvalue weighted by Gasteiger charge is 2.19. The fourth-order valence-electron chi connectivity index (χ4n) is 2.17. The number of methoxy groups -OCH3 is 1. The second-order valence-electron chi connectivity index (χ2n) is 5.26. The van der Waals surface area contributed by atoms with Crippen LogP contribution in [0.15, 0.2) is 59.5 Å². The summed E-state index contributed by atoms with van der Waals surface area (Å²) in [4.78, 5) is 12.5. The van der Waals surface area contributed by atoms with Gasteiger partial charge < -0.3 is 4.74 Å². The lowest BCUT2D eigenvalue weighted by molar-refractivity contribution is 0.102. The Kier molecular flexibility index (Phi) is 5.29. The van der Waals surface area contributed by atoms with Gasteiger partial charge >= 0.3 is 0 Å². The van der Waals surface area contributed by atoms with Crippen molar-refractivity contribution in [3.63, 3.8) is 0 Å². The number of sulfone groups is 1. The van der Waals surface area contributed by atoms with Crippen molar-refractivity contribution < 1.29 is 17.9 Å². The number of carbonyl (C=O) groups excluding carboxylic acids is 1. The minimum atomic E-state index is -3.51. The zero-order valence-electron chi connectivity index (χ0n) is 13.7. The van der Waals surface area contributed by atoms with Crippen LogP contribution in [0.5, 0.6) is 5.75 Å². The van der Waals surface area contributed by atoms with E-state index in [1.807, 2.05) is 0 Å². The molecule has 7 nitrogen and oxygen atoms in total. The number of hydrogen-bond donors (Lipinski definition) is 1. The van der Waals surface area contributed by atoms with E-state index in [9.17, 15) is 13.2 Å². The van der Waals surface area contributed by atoms with Crippen LogP contribution in [0.2, 0.25) is 0 Å². The number of aromatic nitrogens is 2. The average Bonchev–Trinajstić information content (AvgIpc) is 3.08. The van der Waals surface area contributed by atoms with Crippen LogP contribution < -0.4 is 10.1 Å². The molecule has 2 aromatic carbocycles. The fourth-order valence-corrected chi connectivity index (χ4v) is 4.52. The van der Waals surface area contributed by atoms with Crippen molar-refractivity contribution in [2.75, 3.05) is 12.4 Å². The standard InChI is InChI=1S/C17H15N3O4S2/c1-24-13-7-5-6-12(10-13)16(21)18-17-20-19-15(25-17)11-26(22,23)14-8-3-2-4-9-14/h2-10H,11H2,1H3,(H,18,20,21). The average molecular weight is 389 g/mol. The quantitative estimate of drug-likeness (QED) is 0.696. The maximum atomic E-state index is 12.4. The second kappa shape index (κ2) is 7.63. The summed E-state index contributed by atoms with van der Waals surface area (Å²) in [6.07, 6.45) is 0. The third-order valence-corrected chi connectivity index (χ3v) is 6.10. The molecule has 3 rings (SSSR count). The normalized spacial score (nSPS) is 11.1. The zero-order chi connectivity index (χ0) is 18.6. The first kappa shape index (κ1) is 18.0. The molecule has 0 saturated carbocycles. The van der Waals surface area contributed by atoms with Crippen LogP contribution in [0.4, 0.5) is 5.13 Å². The van der Waals surface area contributed by atoms with Gasteiger partial charge in [-0.2, -0.15) is 0 Å². The van der Waals surface area contributed by atoms with Crippen LogP contribution in [0, 0.1) is 0 Å². The minimum Gasteiger partial charge on any atom is -0.497 e. The van der Waals surface area contributed by atoms with Crippen molar-refractivity contribution in [1.82, 2.24) is 10.2 Å². The van der Waals surface area contributed by atoms with E-state index in [4.69, 9.17) is 4.74 Å². The Balaban J connectivity index is 1.71. The number of rotatable bonds is 6. The van der Waals surface area contributed by atoms with Crippen LogP contribution in [0.3, 0.4) is 0 Å². The van der Waals surface area contributed by atoms with Crippen LogP contribution >= 0.6 is 11.3 Å². The highest BCUT2D eigenvalue weighted by atomic mass is 32.2. The van der Waals surface area contributed by atoms with Gasteiger partial charge in [0.25, 0.3) is 5.91 Å². The van der Waals surface area contributed by atoms with Crippen LogP contribution in [-0.4, -0.2) is 31.6 Å². The number of anilines is 1. The summed E-state index contributed by atoms with van der Waals surface area (Å²) < 4.78 is 29.8. The molecule has 0 unspecified atom stereocenters. The number of nitrogens with one attached hydrogen (secondary N) is 1. The van der Waals surface area contributed by atoms with E-state index in [0.717, 1.165) is 11.3 Å². The molecule has 1 heterocycles. The number of ether oxygens (including phenoxy) is 1. The number of hydrogen-bond acceptors (Lipinski definition) is 7. The van der Waals surface area contributed by atoms with Gasteiger partial charge in [0.15, 0.2) is 9.84 Å². The molecule has 26 heavy (non-hydrogen) atoms. The Hall–Kier alpha value is -2.78. The van der Waals surface area contributed by atoms with Gasteiger partial charge in [0.05, 0.1) is 12.0 Å². The van der Waals surface area contributed by atoms with Crippen LogP contribution in [-0.2, 0) is 15.6 Å². The van der Waals surface area contributed by atoms with Gasteiger partial charge in [0.2, 0.25) is 5.13 Å². The van der Waals surface area contributed by atoms with Crippen LogP contribution in [0.25, 0.3) is 0 Å². The largest absolute Gasteiger partial charge is 0.497 e. The number of nitrogens with zero attached hydrogens (tertiary/aromatic N) is 2. The third kappa shape index (κ3) is 4.24. The lowest BCUT2D eigenvalue weighted by atomic mass is 10.2. The van der Waals surface area contributed by atoms with E-state index >= 15 is 0 Å². The van der Waals surface area contributed by atoms with Crippen molar-refractivity contribution in [3.05, 3.63) is 65.2 Å². The van der Waals surface area contributed by atoms with E-state index in [1.54, 1.807) is 42.5 Å². The topological polar surface area (TPSA) is 98.2 Å². The minimum absolute atomic E-state index is 0.220. The number of carbonyl (C=O) groups is 1. The molecule has 0 atom stereocenters. The number of amides is 1. The molecule has 0 aliphatic rings. The molecule has 0 fully saturated rings. The van der Waals surface area contributed by atoms with Gasteiger partial charge in [-0.05, 0) is 30.3 Å². The molecule has 0 aliphatic heterocycles. The Labute approximate surface area is 154 Å². The highest BCUT2D eigenvalue weighted by Crippen LogP contribution is 2.22. The van der Waals surface area contributed by atoms with Gasteiger partial charge in [-0.3, -0.25) is 10.1 Å². The molecule has 0 aliphatic carbocycles. The molecule has 134 valence electrons. The van der Waals surface area contributed by atoms with Crippen LogP contribution in [0.1, 0.15) is 15.4 Å². The molecule has 9 heteroatoms. The summed E-state index contributed by atoms with van der Waals surface area (Å²) >= 11 is 1.02. The molecular weight excluding hydrogens is 374 g/mol. The fraction of sp³-hybridized carbons (Fsp3) is 0.118. The SMILES string of the molecule is COc1cccc(C(=O)Nc2nnc(CS(=O)(=O)c3ccccc3)s2)c1. The van der Waals surface area contributed by atoms with E-state index in [-0.39, 0.29) is 21.7 Å². The second-order valence-corrected chi connectivity index (χ2v) is 8.31. The van der Waals surface area contributed by atoms with Gasteiger partial charge in [-0.25, -0.2) is 8.42 Å². The summed E-state index contributed by atoms with van der Waals surface area (Å²) in [7, 11) is -2.00. The Bertz CT molecular complexity index is 1020. The molecule has 1 aromatic heterocycles. The molecule has 0 radical (unpaired) electrons. The van der Waals surface area contributed by atoms with Crippen molar-refractivity contribution in [1.29, 1.82) is 0 Å². The molecule has 0 bridgehead atoms. The summed E-state index contributed by atoms with van der Waals surface area (Å²) in [5, 5.41) is 10.8. The Morgan fingerprint density at radius 1 is 1.12 bits per heavy atom. The molecule has 0 spiro atoms. The maximum Gasteiger partial charge on any atom is 0.257 e. The number of benzene rings is 2. The monoisotopic (exact) mass is 389 g/mol. The van der Waals surface area contributed by atoms with Crippen molar-refractivity contribution >= 4 is 32.2 Å². The smallest absolute Gasteiger partial charge is 0.257 e.